The van der Waals surface area contributed by atoms with Gasteiger partial charge in [-0.3, -0.25) is 23.9 Å². The van der Waals surface area contributed by atoms with Crippen molar-refractivity contribution in [1.29, 1.82) is 0 Å². The molecule has 2 aliphatic heterocycles. The number of ether oxygens (including phenoxy) is 3. The number of pyridine rings is 1. The fourth-order valence-corrected chi connectivity index (χ4v) is 10.1. The largest absolute Gasteiger partial charge is 0.497 e. The summed E-state index contributed by atoms with van der Waals surface area (Å²) in [7, 11) is -3.18. The summed E-state index contributed by atoms with van der Waals surface area (Å²) in [6.07, 6.45) is -1.52. The molecule has 2 aromatic rings. The third-order valence-electron chi connectivity index (χ3n) is 13.3. The van der Waals surface area contributed by atoms with Crippen molar-refractivity contribution in [1.82, 2.24) is 14.6 Å². The summed E-state index contributed by atoms with van der Waals surface area (Å²) < 4.78 is 129. The van der Waals surface area contributed by atoms with Gasteiger partial charge in [-0.25, -0.2) is 26.6 Å². The minimum atomic E-state index is -4.81. The van der Waals surface area contributed by atoms with E-state index in [-0.39, 0.29) is 60.5 Å². The molecule has 4 aliphatic rings. The maximum atomic E-state index is 14.9. The number of Topliss-reactive ketones (excluding diaryl/α,β-unsaturated/α-hetero) is 1. The fraction of sp³-hybridized carbons (Fsp3) is 0.651. The van der Waals surface area contributed by atoms with Crippen molar-refractivity contribution in [3.63, 3.8) is 0 Å². The Hall–Kier alpha value is -4.42. The Kier molecular flexibility index (Phi) is 12.9. The van der Waals surface area contributed by atoms with Crippen LogP contribution in [0.1, 0.15) is 98.0 Å². The van der Waals surface area contributed by atoms with Crippen molar-refractivity contribution in [2.75, 3.05) is 20.3 Å². The molecule has 342 valence electrons. The first-order valence-electron chi connectivity index (χ1n) is 20.7. The number of esters is 1. The van der Waals surface area contributed by atoms with Gasteiger partial charge in [-0.1, -0.05) is 26.0 Å². The lowest BCUT2D eigenvalue weighted by Gasteiger charge is -2.34. The Morgan fingerprint density at radius 1 is 1.03 bits per heavy atom. The molecule has 7 atom stereocenters. The van der Waals surface area contributed by atoms with E-state index in [1.165, 1.54) is 30.2 Å². The number of hydrogen-bond donors (Lipinski definition) is 1. The molecule has 1 N–H and O–H groups in total. The van der Waals surface area contributed by atoms with Crippen LogP contribution < -0.4 is 14.2 Å². The molecule has 0 radical (unpaired) electrons. The van der Waals surface area contributed by atoms with E-state index < -0.39 is 116 Å². The Morgan fingerprint density at radius 2 is 1.73 bits per heavy atom. The van der Waals surface area contributed by atoms with Crippen molar-refractivity contribution in [3.05, 3.63) is 42.1 Å². The topological polar surface area (TPSA) is 158 Å². The molecule has 2 saturated carbocycles. The Labute approximate surface area is 356 Å². The zero-order chi connectivity index (χ0) is 45.8. The van der Waals surface area contributed by atoms with Gasteiger partial charge in [0.05, 0.1) is 43.0 Å². The highest BCUT2D eigenvalue weighted by molar-refractivity contribution is 7.91. The van der Waals surface area contributed by atoms with Gasteiger partial charge in [0.25, 0.3) is 5.92 Å². The van der Waals surface area contributed by atoms with Gasteiger partial charge in [-0.05, 0) is 88.3 Å². The minimum Gasteiger partial charge on any atom is -0.497 e. The first kappa shape index (κ1) is 47.1. The smallest absolute Gasteiger partial charge is 0.418 e. The number of halogens is 6. The summed E-state index contributed by atoms with van der Waals surface area (Å²) in [6.45, 7) is 4.80. The van der Waals surface area contributed by atoms with E-state index in [0.717, 1.165) is 13.8 Å². The normalized spacial score (nSPS) is 28.8. The van der Waals surface area contributed by atoms with E-state index in [1.54, 1.807) is 13.0 Å². The van der Waals surface area contributed by atoms with Crippen LogP contribution in [0.3, 0.4) is 0 Å². The van der Waals surface area contributed by atoms with Gasteiger partial charge in [0.1, 0.15) is 23.3 Å². The second kappa shape index (κ2) is 16.9. The van der Waals surface area contributed by atoms with Crippen LogP contribution in [0.2, 0.25) is 0 Å². The second-order valence-corrected chi connectivity index (χ2v) is 20.3. The van der Waals surface area contributed by atoms with E-state index in [9.17, 15) is 53.9 Å². The number of rotatable bonds is 11. The number of methoxy groups -OCH3 is 1. The van der Waals surface area contributed by atoms with Crippen molar-refractivity contribution in [3.8, 4) is 11.6 Å². The van der Waals surface area contributed by atoms with Crippen LogP contribution in [0.5, 0.6) is 11.6 Å². The number of allylic oxidation sites excluding steroid dienone is 2. The molecule has 0 unspecified atom stereocenters. The summed E-state index contributed by atoms with van der Waals surface area (Å²) in [5, 5.41) is -0.340. The number of sulfonamides is 1. The van der Waals surface area contributed by atoms with E-state index >= 15 is 0 Å². The van der Waals surface area contributed by atoms with Crippen molar-refractivity contribution >= 4 is 44.4 Å². The molecule has 19 heteroatoms. The maximum absolute atomic E-state index is 14.9. The summed E-state index contributed by atoms with van der Waals surface area (Å²) in [5.74, 6) is -9.42. The van der Waals surface area contributed by atoms with Crippen LogP contribution in [-0.4, -0.2) is 90.6 Å². The molecule has 1 aromatic carbocycles. The average Bonchev–Trinajstić information content (AvgIpc) is 4.08. The number of amides is 2. The van der Waals surface area contributed by atoms with E-state index in [2.05, 4.69) is 4.98 Å². The lowest BCUT2D eigenvalue weighted by molar-refractivity contribution is -0.197. The SMILES string of the molecule is COc1ccc2c(O[C@@H]3C[C@H]4C(=O)C[C@]5(C(=O)NS(=O)(=O)C6(CF)CC6)C[C@H]5/C=C\CC[C@H](C)C[C@@H](C)[C@H](CC(=O)OC(C)(C)C(C)(F)F)C(=O)N4C3)ncc(C(F)(F)F)c2c1. The van der Waals surface area contributed by atoms with Gasteiger partial charge >= 0.3 is 12.1 Å². The first-order chi connectivity index (χ1) is 28.8. The molecule has 6 rings (SSSR count). The molecule has 2 amide bonds. The third kappa shape index (κ3) is 9.42. The average molecular weight is 902 g/mol. The van der Waals surface area contributed by atoms with Crippen molar-refractivity contribution in [2.24, 2.45) is 29.1 Å². The number of hydrogen-bond acceptors (Lipinski definition) is 10. The predicted octanol–water partition coefficient (Wildman–Crippen LogP) is 7.52. The van der Waals surface area contributed by atoms with E-state index in [4.69, 9.17) is 14.2 Å². The Morgan fingerprint density at radius 3 is 2.34 bits per heavy atom. The van der Waals surface area contributed by atoms with Crippen molar-refractivity contribution in [2.45, 2.75) is 127 Å². The van der Waals surface area contributed by atoms with Crippen molar-refractivity contribution < 1.29 is 68.1 Å². The highest BCUT2D eigenvalue weighted by Crippen LogP contribution is 2.58. The zero-order valence-electron chi connectivity index (χ0n) is 35.5. The van der Waals surface area contributed by atoms with Gasteiger partial charge in [0, 0.05) is 36.7 Å². The number of carbonyl (C=O) groups is 4. The lowest BCUT2D eigenvalue weighted by Crippen LogP contribution is -2.49. The molecule has 1 saturated heterocycles. The first-order valence-corrected chi connectivity index (χ1v) is 22.2. The molecule has 0 spiro atoms. The minimum absolute atomic E-state index is 0.0161. The summed E-state index contributed by atoms with van der Waals surface area (Å²) in [4.78, 5) is 62.1. The summed E-state index contributed by atoms with van der Waals surface area (Å²) in [6, 6.07) is 2.55. The van der Waals surface area contributed by atoms with Gasteiger partial charge in [0.15, 0.2) is 11.4 Å². The van der Waals surface area contributed by atoms with Crippen LogP contribution in [0, 0.1) is 29.1 Å². The molecular formula is C43H53F6N3O9S. The molecule has 2 aliphatic carbocycles. The van der Waals surface area contributed by atoms with Crippen LogP contribution in [-0.2, 0) is 40.1 Å². The highest BCUT2D eigenvalue weighted by Gasteiger charge is 2.63. The Bertz CT molecular complexity index is 2220. The molecule has 12 nitrogen and oxygen atoms in total. The highest BCUT2D eigenvalue weighted by atomic mass is 32.2. The molecule has 1 aromatic heterocycles. The molecule has 3 heterocycles. The van der Waals surface area contributed by atoms with Crippen LogP contribution in [0.15, 0.2) is 36.5 Å². The monoisotopic (exact) mass is 901 g/mol. The third-order valence-corrected chi connectivity index (χ3v) is 15.4. The van der Waals surface area contributed by atoms with Gasteiger partial charge < -0.3 is 19.1 Å². The number of carbonyl (C=O) groups excluding carboxylic acids is 4. The number of alkyl halides is 6. The number of ketones is 1. The predicted molar refractivity (Wildman–Crippen MR) is 213 cm³/mol. The number of benzene rings is 1. The fourth-order valence-electron chi connectivity index (χ4n) is 8.63. The Balaban J connectivity index is 1.38. The van der Waals surface area contributed by atoms with Gasteiger partial charge in [0.2, 0.25) is 27.7 Å². The second-order valence-electron chi connectivity index (χ2n) is 18.2. The van der Waals surface area contributed by atoms with Gasteiger partial charge in [-0.15, -0.1) is 0 Å². The quantitative estimate of drug-likeness (QED) is 0.136. The maximum Gasteiger partial charge on any atom is 0.418 e. The summed E-state index contributed by atoms with van der Waals surface area (Å²) in [5.41, 5.74) is -4.89. The van der Waals surface area contributed by atoms with Gasteiger partial charge in [-0.2, -0.15) is 13.2 Å². The van der Waals surface area contributed by atoms with Crippen LogP contribution in [0.25, 0.3) is 10.8 Å². The molecule has 3 fully saturated rings. The number of aromatic nitrogens is 1. The molecule has 0 bridgehead atoms. The van der Waals surface area contributed by atoms with Crippen LogP contribution >= 0.6 is 0 Å². The van der Waals surface area contributed by atoms with Crippen LogP contribution in [0.4, 0.5) is 26.3 Å². The lowest BCUT2D eigenvalue weighted by atomic mass is 9.82. The number of nitrogens with one attached hydrogen (secondary N) is 1. The van der Waals surface area contributed by atoms with E-state index in [0.29, 0.717) is 32.4 Å². The number of nitrogens with zero attached hydrogens (tertiary/aromatic N) is 2. The number of fused-ring (bicyclic) bond motifs is 3. The molecule has 62 heavy (non-hydrogen) atoms. The summed E-state index contributed by atoms with van der Waals surface area (Å²) >= 11 is 0. The standard InChI is InChI=1S/C43H53F6N3O9S/c1-24-9-7-8-10-26-19-42(26,38(56)51-62(57,58)41(23-44)13-14-41)20-34(53)33-17-28(60-36-29-12-11-27(59-6)16-31(29)32(21-50-36)43(47,48)49)22-52(33)37(55)30(25(2)15-24)18-35(54)61-39(3,4)40(5,45)46/h8,10-12,16,21,24-26,28,30,33H,7,9,13-15,17-20,22-23H2,1-6H3,(H,51,56)/b10-8-/t24-,25+,26+,28+,30-,33-,42+/m0/s1. The zero-order valence-corrected chi connectivity index (χ0v) is 36.3. The molecular weight excluding hydrogens is 849 g/mol. The van der Waals surface area contributed by atoms with E-state index in [1.807, 2.05) is 17.7 Å².